The van der Waals surface area contributed by atoms with E-state index in [1.807, 2.05) is 0 Å². The number of rotatable bonds is 3. The van der Waals surface area contributed by atoms with Crippen LogP contribution in [0.5, 0.6) is 0 Å². The molecule has 0 unspecified atom stereocenters. The number of nitrogen functional groups attached to an aromatic ring is 1. The number of amides is 1. The van der Waals surface area contributed by atoms with Crippen LogP contribution in [0, 0.1) is 0 Å². The summed E-state index contributed by atoms with van der Waals surface area (Å²) in [5.41, 5.74) is 8.05. The van der Waals surface area contributed by atoms with Crippen molar-refractivity contribution in [2.45, 2.75) is 6.18 Å². The second kappa shape index (κ2) is 6.30. The molecule has 114 valence electrons. The first-order valence-corrected chi connectivity index (χ1v) is 6.22. The molecule has 1 amide bonds. The van der Waals surface area contributed by atoms with Gasteiger partial charge in [-0.3, -0.25) is 4.79 Å². The number of hydrazone groups is 1. The zero-order valence-corrected chi connectivity index (χ0v) is 11.3. The van der Waals surface area contributed by atoms with Crippen LogP contribution in [0.2, 0.25) is 0 Å². The van der Waals surface area contributed by atoms with E-state index in [2.05, 4.69) is 10.5 Å². The van der Waals surface area contributed by atoms with Crippen molar-refractivity contribution < 1.29 is 18.0 Å². The minimum Gasteiger partial charge on any atom is -0.399 e. The van der Waals surface area contributed by atoms with Gasteiger partial charge in [-0.15, -0.1) is 0 Å². The molecule has 2 aromatic rings. The van der Waals surface area contributed by atoms with E-state index in [4.69, 9.17) is 5.73 Å². The topological polar surface area (TPSA) is 67.5 Å². The molecule has 0 fully saturated rings. The normalized spacial score (nSPS) is 11.6. The average molecular weight is 307 g/mol. The molecule has 0 saturated heterocycles. The molecule has 0 aliphatic heterocycles. The van der Waals surface area contributed by atoms with Crippen LogP contribution in [0.3, 0.4) is 0 Å². The number of hydrogen-bond donors (Lipinski definition) is 2. The summed E-state index contributed by atoms with van der Waals surface area (Å²) in [5, 5.41) is 3.64. The van der Waals surface area contributed by atoms with Crippen LogP contribution in [0.4, 0.5) is 18.9 Å². The SMILES string of the molecule is Nc1ccc(C(=O)NN=Cc2cccc(C(F)(F)F)c2)cc1. The lowest BCUT2D eigenvalue weighted by Gasteiger charge is -2.06. The third kappa shape index (κ3) is 4.08. The molecule has 7 heteroatoms. The molecule has 0 spiro atoms. The number of anilines is 1. The van der Waals surface area contributed by atoms with Crippen molar-refractivity contribution >= 4 is 17.8 Å². The van der Waals surface area contributed by atoms with Crippen molar-refractivity contribution in [3.63, 3.8) is 0 Å². The third-order valence-corrected chi connectivity index (χ3v) is 2.77. The summed E-state index contributed by atoms with van der Waals surface area (Å²) in [6.07, 6.45) is -3.28. The predicted octanol–water partition coefficient (Wildman–Crippen LogP) is 3.05. The number of nitrogens with two attached hydrogens (primary N) is 1. The largest absolute Gasteiger partial charge is 0.416 e. The highest BCUT2D eigenvalue weighted by molar-refractivity contribution is 5.95. The van der Waals surface area contributed by atoms with E-state index in [1.54, 1.807) is 12.1 Å². The highest BCUT2D eigenvalue weighted by atomic mass is 19.4. The van der Waals surface area contributed by atoms with Gasteiger partial charge in [0.15, 0.2) is 0 Å². The van der Waals surface area contributed by atoms with E-state index in [-0.39, 0.29) is 5.56 Å². The molecule has 2 aromatic carbocycles. The van der Waals surface area contributed by atoms with Crippen LogP contribution >= 0.6 is 0 Å². The smallest absolute Gasteiger partial charge is 0.399 e. The Morgan fingerprint density at radius 2 is 1.82 bits per heavy atom. The van der Waals surface area contributed by atoms with Crippen molar-refractivity contribution in [3.05, 3.63) is 65.2 Å². The number of nitrogens with zero attached hydrogens (tertiary/aromatic N) is 1. The van der Waals surface area contributed by atoms with Gasteiger partial charge in [0.25, 0.3) is 5.91 Å². The van der Waals surface area contributed by atoms with Crippen molar-refractivity contribution in [1.82, 2.24) is 5.43 Å². The quantitative estimate of drug-likeness (QED) is 0.520. The fraction of sp³-hybridized carbons (Fsp3) is 0.0667. The maximum absolute atomic E-state index is 12.5. The first kappa shape index (κ1) is 15.6. The summed E-state index contributed by atoms with van der Waals surface area (Å²) >= 11 is 0. The van der Waals surface area contributed by atoms with Crippen LogP contribution in [0.25, 0.3) is 0 Å². The Morgan fingerprint density at radius 1 is 1.14 bits per heavy atom. The Balaban J connectivity index is 2.03. The van der Waals surface area contributed by atoms with Gasteiger partial charge in [0.2, 0.25) is 0 Å². The highest BCUT2D eigenvalue weighted by Crippen LogP contribution is 2.29. The number of benzene rings is 2. The van der Waals surface area contributed by atoms with Crippen molar-refractivity contribution in [2.24, 2.45) is 5.10 Å². The molecule has 3 N–H and O–H groups in total. The molecular weight excluding hydrogens is 295 g/mol. The fourth-order valence-corrected chi connectivity index (χ4v) is 1.66. The van der Waals surface area contributed by atoms with E-state index in [0.29, 0.717) is 11.3 Å². The standard InChI is InChI=1S/C15H12F3N3O/c16-15(17,18)12-3-1-2-10(8-12)9-20-21-14(22)11-4-6-13(19)7-5-11/h1-9H,19H2,(H,21,22). The lowest BCUT2D eigenvalue weighted by Crippen LogP contribution is -2.17. The molecular formula is C15H12F3N3O. The summed E-state index contributed by atoms with van der Waals surface area (Å²) in [6.45, 7) is 0. The molecule has 0 aliphatic rings. The van der Waals surface area contributed by atoms with Gasteiger partial charge in [-0.25, -0.2) is 5.43 Å². The Hall–Kier alpha value is -2.83. The van der Waals surface area contributed by atoms with Crippen LogP contribution in [-0.4, -0.2) is 12.1 Å². The molecule has 4 nitrogen and oxygen atoms in total. The lowest BCUT2D eigenvalue weighted by atomic mass is 10.1. The van der Waals surface area contributed by atoms with E-state index in [1.165, 1.54) is 24.3 Å². The first-order chi connectivity index (χ1) is 10.4. The average Bonchev–Trinajstić information content (AvgIpc) is 2.47. The molecule has 0 radical (unpaired) electrons. The Morgan fingerprint density at radius 3 is 2.45 bits per heavy atom. The summed E-state index contributed by atoms with van der Waals surface area (Å²) in [4.78, 5) is 11.7. The fourth-order valence-electron chi connectivity index (χ4n) is 1.66. The Labute approximate surface area is 124 Å². The number of hydrogen-bond acceptors (Lipinski definition) is 3. The zero-order chi connectivity index (χ0) is 16.2. The number of carbonyl (C=O) groups excluding carboxylic acids is 1. The van der Waals surface area contributed by atoms with Gasteiger partial charge >= 0.3 is 6.18 Å². The minimum absolute atomic E-state index is 0.229. The van der Waals surface area contributed by atoms with Crippen LogP contribution < -0.4 is 11.2 Å². The van der Waals surface area contributed by atoms with E-state index in [0.717, 1.165) is 18.3 Å². The van der Waals surface area contributed by atoms with Gasteiger partial charge in [-0.2, -0.15) is 18.3 Å². The lowest BCUT2D eigenvalue weighted by molar-refractivity contribution is -0.137. The highest BCUT2D eigenvalue weighted by Gasteiger charge is 2.30. The molecule has 0 bridgehead atoms. The minimum atomic E-state index is -4.42. The number of halogens is 3. The number of alkyl halides is 3. The summed E-state index contributed by atoms with van der Waals surface area (Å²) in [6, 6.07) is 10.8. The third-order valence-electron chi connectivity index (χ3n) is 2.77. The molecule has 0 aromatic heterocycles. The van der Waals surface area contributed by atoms with Crippen molar-refractivity contribution in [2.75, 3.05) is 5.73 Å². The summed E-state index contributed by atoms with van der Waals surface area (Å²) in [5.74, 6) is -0.483. The van der Waals surface area contributed by atoms with Gasteiger partial charge in [-0.1, -0.05) is 12.1 Å². The van der Waals surface area contributed by atoms with Crippen molar-refractivity contribution in [3.8, 4) is 0 Å². The monoisotopic (exact) mass is 307 g/mol. The van der Waals surface area contributed by atoms with Crippen LogP contribution in [0.1, 0.15) is 21.5 Å². The number of nitrogens with one attached hydrogen (secondary N) is 1. The molecule has 0 saturated carbocycles. The molecule has 0 atom stereocenters. The maximum Gasteiger partial charge on any atom is 0.416 e. The van der Waals surface area contributed by atoms with E-state index >= 15 is 0 Å². The van der Waals surface area contributed by atoms with Gasteiger partial charge in [0.05, 0.1) is 11.8 Å². The number of carbonyl (C=O) groups is 1. The van der Waals surface area contributed by atoms with E-state index in [9.17, 15) is 18.0 Å². The Bertz CT molecular complexity index is 694. The maximum atomic E-state index is 12.5. The molecule has 0 heterocycles. The summed E-state index contributed by atoms with van der Waals surface area (Å²) in [7, 11) is 0. The van der Waals surface area contributed by atoms with Gasteiger partial charge in [0, 0.05) is 11.3 Å². The molecule has 22 heavy (non-hydrogen) atoms. The predicted molar refractivity (Wildman–Crippen MR) is 77.4 cm³/mol. The molecule has 0 aliphatic carbocycles. The van der Waals surface area contributed by atoms with Gasteiger partial charge in [0.1, 0.15) is 0 Å². The summed E-state index contributed by atoms with van der Waals surface area (Å²) < 4.78 is 37.6. The molecule has 2 rings (SSSR count). The van der Waals surface area contributed by atoms with Crippen LogP contribution in [0.15, 0.2) is 53.6 Å². The zero-order valence-electron chi connectivity index (χ0n) is 11.3. The van der Waals surface area contributed by atoms with Gasteiger partial charge < -0.3 is 5.73 Å². The van der Waals surface area contributed by atoms with Gasteiger partial charge in [-0.05, 0) is 42.0 Å². The first-order valence-electron chi connectivity index (χ1n) is 6.22. The van der Waals surface area contributed by atoms with Crippen LogP contribution in [-0.2, 0) is 6.18 Å². The second-order valence-corrected chi connectivity index (χ2v) is 4.44. The Kier molecular flexibility index (Phi) is 4.45. The van der Waals surface area contributed by atoms with E-state index < -0.39 is 17.6 Å². The second-order valence-electron chi connectivity index (χ2n) is 4.44. The van der Waals surface area contributed by atoms with Crippen molar-refractivity contribution in [1.29, 1.82) is 0 Å².